The van der Waals surface area contributed by atoms with Gasteiger partial charge in [0.2, 0.25) is 0 Å². The normalized spacial score (nSPS) is 10.5. The fraction of sp³-hybridized carbons (Fsp3) is 0.864. The second-order valence-corrected chi connectivity index (χ2v) is 7.14. The van der Waals surface area contributed by atoms with Gasteiger partial charge >= 0.3 is 5.97 Å². The molecule has 0 saturated carbocycles. The van der Waals surface area contributed by atoms with Gasteiger partial charge in [0.1, 0.15) is 0 Å². The minimum absolute atomic E-state index is 0. The molecule has 0 bridgehead atoms. The van der Waals surface area contributed by atoms with Gasteiger partial charge in [-0.25, -0.2) is 0 Å². The molecule has 0 aliphatic rings. The van der Waals surface area contributed by atoms with Crippen LogP contribution in [0.1, 0.15) is 122 Å². The molecule has 2 nitrogen and oxygen atoms in total. The molecule has 0 saturated heterocycles. The summed E-state index contributed by atoms with van der Waals surface area (Å²) in [6.07, 6.45) is 27.1. The number of carboxylic acids is 1. The summed E-state index contributed by atoms with van der Waals surface area (Å²) in [5.41, 5.74) is 0. The van der Waals surface area contributed by atoms with E-state index in [0.717, 1.165) is 12.8 Å². The zero-order chi connectivity index (χ0) is 17.7. The first-order valence-corrected chi connectivity index (χ1v) is 10.6. The summed E-state index contributed by atoms with van der Waals surface area (Å²) in [6.45, 7) is 2.27. The molecule has 0 aliphatic heterocycles. The largest absolute Gasteiger partial charge is 0.481 e. The monoisotopic (exact) mass is 449 g/mol. The van der Waals surface area contributed by atoms with Crippen molar-refractivity contribution in [3.05, 3.63) is 12.2 Å². The minimum atomic E-state index is -0.656. The summed E-state index contributed by atoms with van der Waals surface area (Å²) >= 11 is 0. The van der Waals surface area contributed by atoms with Crippen LogP contribution in [0.25, 0.3) is 0 Å². The molecule has 0 fully saturated rings. The Hall–Kier alpha value is 0.249. The fourth-order valence-electron chi connectivity index (χ4n) is 3.05. The number of hydrogen-bond acceptors (Lipinski definition) is 1. The van der Waals surface area contributed by atoms with Gasteiger partial charge in [0.25, 0.3) is 0 Å². The Morgan fingerprint density at radius 2 is 1.00 bits per heavy atom. The summed E-state index contributed by atoms with van der Waals surface area (Å²) in [5, 5.41) is 8.55. The molecule has 0 atom stereocenters. The molecule has 0 unspecified atom stereocenters. The molecular formula is C22H42FeMnO2. The van der Waals surface area contributed by atoms with E-state index in [9.17, 15) is 4.79 Å². The van der Waals surface area contributed by atoms with Crippen LogP contribution in [0.4, 0.5) is 0 Å². The molecule has 157 valence electrons. The maximum absolute atomic E-state index is 10.4. The molecule has 26 heavy (non-hydrogen) atoms. The van der Waals surface area contributed by atoms with E-state index in [1.165, 1.54) is 96.3 Å². The fourth-order valence-corrected chi connectivity index (χ4v) is 3.05. The first-order valence-electron chi connectivity index (χ1n) is 10.6. The SMILES string of the molecule is CCCCCCCC/C=C\CCCCCCCCCCCC(=O)O.[Fe].[Mn]. The van der Waals surface area contributed by atoms with Crippen LogP contribution in [0.15, 0.2) is 12.2 Å². The first kappa shape index (κ1) is 31.0. The van der Waals surface area contributed by atoms with Gasteiger partial charge in [0, 0.05) is 40.6 Å². The summed E-state index contributed by atoms with van der Waals surface area (Å²) < 4.78 is 0. The third-order valence-corrected chi connectivity index (χ3v) is 4.65. The van der Waals surface area contributed by atoms with Crippen molar-refractivity contribution in [2.24, 2.45) is 0 Å². The standard InChI is InChI=1S/C22H42O2.Fe.Mn/c1-2-3-4-5-6-7-8-9-10-11-12-13-14-15-16-17-18-19-20-21-22(23)24;;/h9-10H,2-8,11-21H2,1H3,(H,23,24);;/b10-9-;;. The van der Waals surface area contributed by atoms with Gasteiger partial charge in [-0.3, -0.25) is 4.79 Å². The van der Waals surface area contributed by atoms with Crippen molar-refractivity contribution < 1.29 is 44.0 Å². The van der Waals surface area contributed by atoms with Crippen LogP contribution >= 0.6 is 0 Å². The van der Waals surface area contributed by atoms with E-state index in [2.05, 4.69) is 19.1 Å². The number of hydrogen-bond donors (Lipinski definition) is 1. The van der Waals surface area contributed by atoms with E-state index in [4.69, 9.17) is 5.11 Å². The molecular weight excluding hydrogens is 407 g/mol. The quantitative estimate of drug-likeness (QED) is 0.125. The number of allylic oxidation sites excluding steroid dienone is 2. The van der Waals surface area contributed by atoms with Crippen LogP contribution < -0.4 is 0 Å². The average Bonchev–Trinajstić information content (AvgIpc) is 2.56. The second-order valence-electron chi connectivity index (χ2n) is 7.14. The van der Waals surface area contributed by atoms with E-state index >= 15 is 0 Å². The molecule has 0 aliphatic carbocycles. The summed E-state index contributed by atoms with van der Waals surface area (Å²) in [6, 6.07) is 0. The zero-order valence-electron chi connectivity index (χ0n) is 17.0. The van der Waals surface area contributed by atoms with Crippen molar-refractivity contribution in [2.75, 3.05) is 0 Å². The van der Waals surface area contributed by atoms with Crippen LogP contribution in [-0.2, 0) is 38.9 Å². The van der Waals surface area contributed by atoms with Crippen LogP contribution in [-0.4, -0.2) is 11.1 Å². The first-order chi connectivity index (χ1) is 11.8. The number of carboxylic acid groups (broad SMARTS) is 1. The van der Waals surface area contributed by atoms with E-state index in [0.29, 0.717) is 6.42 Å². The summed E-state index contributed by atoms with van der Waals surface area (Å²) in [7, 11) is 0. The van der Waals surface area contributed by atoms with Crippen molar-refractivity contribution in [3.63, 3.8) is 0 Å². The van der Waals surface area contributed by atoms with Crippen LogP contribution in [0, 0.1) is 0 Å². The van der Waals surface area contributed by atoms with Crippen molar-refractivity contribution in [3.8, 4) is 0 Å². The van der Waals surface area contributed by atoms with Gasteiger partial charge in [0.15, 0.2) is 0 Å². The molecule has 1 N–H and O–H groups in total. The van der Waals surface area contributed by atoms with Crippen LogP contribution in [0.2, 0.25) is 0 Å². The summed E-state index contributed by atoms with van der Waals surface area (Å²) in [5.74, 6) is -0.656. The predicted molar refractivity (Wildman–Crippen MR) is 106 cm³/mol. The van der Waals surface area contributed by atoms with Gasteiger partial charge < -0.3 is 5.11 Å². The molecule has 0 rings (SSSR count). The van der Waals surface area contributed by atoms with E-state index in [1.807, 2.05) is 0 Å². The summed E-state index contributed by atoms with van der Waals surface area (Å²) in [4.78, 5) is 10.4. The molecule has 0 amide bonds. The third-order valence-electron chi connectivity index (χ3n) is 4.65. The molecule has 0 aromatic carbocycles. The Morgan fingerprint density at radius 1 is 0.654 bits per heavy atom. The van der Waals surface area contributed by atoms with Crippen molar-refractivity contribution in [1.82, 2.24) is 0 Å². The second kappa shape index (κ2) is 27.5. The average molecular weight is 449 g/mol. The Morgan fingerprint density at radius 3 is 1.38 bits per heavy atom. The number of aliphatic carboxylic acids is 1. The van der Waals surface area contributed by atoms with Gasteiger partial charge in [-0.2, -0.15) is 0 Å². The zero-order valence-corrected chi connectivity index (χ0v) is 19.3. The smallest absolute Gasteiger partial charge is 0.303 e. The van der Waals surface area contributed by atoms with Gasteiger partial charge in [-0.1, -0.05) is 96.1 Å². The van der Waals surface area contributed by atoms with Gasteiger partial charge in [-0.15, -0.1) is 0 Å². The maximum Gasteiger partial charge on any atom is 0.303 e. The van der Waals surface area contributed by atoms with Crippen molar-refractivity contribution in [2.45, 2.75) is 122 Å². The number of rotatable bonds is 19. The molecule has 0 spiro atoms. The van der Waals surface area contributed by atoms with Gasteiger partial charge in [0.05, 0.1) is 0 Å². The van der Waals surface area contributed by atoms with E-state index in [-0.39, 0.29) is 34.1 Å². The number of carbonyl (C=O) groups is 1. The van der Waals surface area contributed by atoms with E-state index in [1.54, 1.807) is 0 Å². The van der Waals surface area contributed by atoms with Crippen LogP contribution in [0.3, 0.4) is 0 Å². The Labute approximate surface area is 184 Å². The molecule has 0 aromatic rings. The Kier molecular flexibility index (Phi) is 32.7. The molecule has 0 aromatic heterocycles. The van der Waals surface area contributed by atoms with E-state index < -0.39 is 5.97 Å². The van der Waals surface area contributed by atoms with Crippen LogP contribution in [0.5, 0.6) is 0 Å². The maximum atomic E-state index is 10.4. The molecule has 0 heterocycles. The van der Waals surface area contributed by atoms with Gasteiger partial charge in [-0.05, 0) is 32.1 Å². The Bertz CT molecular complexity index is 296. The number of unbranched alkanes of at least 4 members (excludes halogenated alkanes) is 15. The topological polar surface area (TPSA) is 37.3 Å². The molecule has 4 heteroatoms. The predicted octanol–water partition coefficient (Wildman–Crippen LogP) is 7.66. The minimum Gasteiger partial charge on any atom is -0.481 e. The molecule has 1 radical (unpaired) electrons. The van der Waals surface area contributed by atoms with Crippen molar-refractivity contribution in [1.29, 1.82) is 0 Å². The van der Waals surface area contributed by atoms with Crippen molar-refractivity contribution >= 4 is 5.97 Å². The Balaban J connectivity index is -0.00000264. The third kappa shape index (κ3) is 29.0.